The third-order valence-corrected chi connectivity index (χ3v) is 3.49. The summed E-state index contributed by atoms with van der Waals surface area (Å²) in [7, 11) is 0. The van der Waals surface area contributed by atoms with Crippen molar-refractivity contribution >= 4 is 28.7 Å². The van der Waals surface area contributed by atoms with Crippen molar-refractivity contribution in [2.24, 2.45) is 0 Å². The van der Waals surface area contributed by atoms with Gasteiger partial charge in [-0.3, -0.25) is 0 Å². The molecule has 0 aliphatic carbocycles. The zero-order valence-corrected chi connectivity index (χ0v) is 11.5. The van der Waals surface area contributed by atoms with Crippen LogP contribution in [0.1, 0.15) is 10.7 Å². The zero-order chi connectivity index (χ0) is 13.7. The molecule has 2 amide bonds. The van der Waals surface area contributed by atoms with E-state index in [1.165, 1.54) is 0 Å². The maximum absolute atomic E-state index is 11.6. The summed E-state index contributed by atoms with van der Waals surface area (Å²) in [5.74, 6) is 0. The number of nitrogens with one attached hydrogen (secondary N) is 2. The summed E-state index contributed by atoms with van der Waals surface area (Å²) >= 11 is 1.61. The molecular weight excluding hydrogens is 260 g/mol. The molecule has 0 aliphatic rings. The van der Waals surface area contributed by atoms with E-state index in [-0.39, 0.29) is 6.03 Å². The van der Waals surface area contributed by atoms with E-state index in [0.29, 0.717) is 12.2 Å². The maximum atomic E-state index is 11.6. The number of carbonyl (C=O) groups excluding carboxylic acids is 1. The molecule has 1 heterocycles. The second-order valence-electron chi connectivity index (χ2n) is 4.14. The Morgan fingerprint density at radius 1 is 1.37 bits per heavy atom. The van der Waals surface area contributed by atoms with Crippen molar-refractivity contribution < 1.29 is 4.79 Å². The number of aromatic nitrogens is 1. The molecule has 0 saturated heterocycles. The van der Waals surface area contributed by atoms with E-state index >= 15 is 0 Å². The average Bonchev–Trinajstić information content (AvgIpc) is 2.78. The second-order valence-corrected chi connectivity index (χ2v) is 5.08. The smallest absolute Gasteiger partial charge is 0.319 e. The Hall–Kier alpha value is -2.08. The lowest BCUT2D eigenvalue weighted by molar-refractivity contribution is 0.252. The first kappa shape index (κ1) is 13.4. The molecule has 100 valence electrons. The van der Waals surface area contributed by atoms with E-state index in [9.17, 15) is 4.79 Å². The van der Waals surface area contributed by atoms with Gasteiger partial charge in [-0.05, 0) is 31.2 Å². The van der Waals surface area contributed by atoms with Crippen molar-refractivity contribution in [1.29, 1.82) is 0 Å². The van der Waals surface area contributed by atoms with E-state index in [1.807, 2.05) is 12.3 Å². The summed E-state index contributed by atoms with van der Waals surface area (Å²) in [6.45, 7) is 2.52. The minimum Gasteiger partial charge on any atom is -0.399 e. The maximum Gasteiger partial charge on any atom is 0.319 e. The summed E-state index contributed by atoms with van der Waals surface area (Å²) in [4.78, 5) is 16.0. The van der Waals surface area contributed by atoms with E-state index in [1.54, 1.807) is 35.6 Å². The lowest BCUT2D eigenvalue weighted by Gasteiger charge is -2.06. The van der Waals surface area contributed by atoms with Gasteiger partial charge in [0.1, 0.15) is 0 Å². The first-order chi connectivity index (χ1) is 9.13. The normalized spacial score (nSPS) is 10.2. The highest BCUT2D eigenvalue weighted by molar-refractivity contribution is 7.09. The summed E-state index contributed by atoms with van der Waals surface area (Å²) in [5.41, 5.74) is 7.98. The molecule has 0 fully saturated rings. The highest BCUT2D eigenvalue weighted by Crippen LogP contribution is 2.10. The number of carbonyl (C=O) groups is 1. The summed E-state index contributed by atoms with van der Waals surface area (Å²) in [5, 5.41) is 8.56. The van der Waals surface area contributed by atoms with Gasteiger partial charge in [0.2, 0.25) is 0 Å². The van der Waals surface area contributed by atoms with E-state index < -0.39 is 0 Å². The fraction of sp³-hybridized carbons (Fsp3) is 0.231. The fourth-order valence-corrected chi connectivity index (χ4v) is 2.32. The van der Waals surface area contributed by atoms with E-state index in [0.717, 1.165) is 22.8 Å². The number of nitrogen functional groups attached to an aromatic ring is 1. The molecule has 0 atom stereocenters. The number of thiazole rings is 1. The van der Waals surface area contributed by atoms with Crippen LogP contribution in [0.2, 0.25) is 0 Å². The highest BCUT2D eigenvalue weighted by atomic mass is 32.1. The second kappa shape index (κ2) is 6.19. The Bertz CT molecular complexity index is 550. The van der Waals surface area contributed by atoms with Crippen LogP contribution in [0.3, 0.4) is 0 Å². The van der Waals surface area contributed by atoms with Crippen molar-refractivity contribution in [3.8, 4) is 0 Å². The zero-order valence-electron chi connectivity index (χ0n) is 10.6. The van der Waals surface area contributed by atoms with Crippen molar-refractivity contribution in [1.82, 2.24) is 10.3 Å². The quantitative estimate of drug-likeness (QED) is 0.750. The van der Waals surface area contributed by atoms with E-state index in [2.05, 4.69) is 15.6 Å². The van der Waals surface area contributed by atoms with Crippen molar-refractivity contribution in [2.45, 2.75) is 13.3 Å². The van der Waals surface area contributed by atoms with Crippen molar-refractivity contribution in [3.05, 3.63) is 40.3 Å². The Morgan fingerprint density at radius 3 is 2.74 bits per heavy atom. The molecule has 2 rings (SSSR count). The number of nitrogens with two attached hydrogens (primary N) is 1. The van der Waals surface area contributed by atoms with Crippen LogP contribution in [-0.4, -0.2) is 17.6 Å². The average molecular weight is 276 g/mol. The van der Waals surface area contributed by atoms with Gasteiger partial charge in [-0.2, -0.15) is 0 Å². The third-order valence-electron chi connectivity index (χ3n) is 2.46. The number of amides is 2. The van der Waals surface area contributed by atoms with Gasteiger partial charge in [-0.15, -0.1) is 11.3 Å². The molecule has 0 saturated carbocycles. The molecular formula is C13H16N4OS. The Morgan fingerprint density at radius 2 is 2.11 bits per heavy atom. The number of urea groups is 1. The number of aryl methyl sites for hydroxylation is 1. The van der Waals surface area contributed by atoms with Gasteiger partial charge >= 0.3 is 6.03 Å². The molecule has 6 heteroatoms. The highest BCUT2D eigenvalue weighted by Gasteiger charge is 2.02. The van der Waals surface area contributed by atoms with Gasteiger partial charge in [0.25, 0.3) is 0 Å². The molecule has 0 radical (unpaired) electrons. The molecule has 1 aromatic carbocycles. The predicted octanol–water partition coefficient (Wildman–Crippen LogP) is 2.40. The number of anilines is 2. The third kappa shape index (κ3) is 4.26. The molecule has 0 spiro atoms. The van der Waals surface area contributed by atoms with Gasteiger partial charge in [-0.1, -0.05) is 0 Å². The fourth-order valence-electron chi connectivity index (χ4n) is 1.54. The number of benzene rings is 1. The van der Waals surface area contributed by atoms with Gasteiger partial charge in [-0.25, -0.2) is 9.78 Å². The van der Waals surface area contributed by atoms with Crippen LogP contribution in [0, 0.1) is 6.92 Å². The first-order valence-corrected chi connectivity index (χ1v) is 6.83. The molecule has 4 N–H and O–H groups in total. The Kier molecular flexibility index (Phi) is 4.35. The van der Waals surface area contributed by atoms with Gasteiger partial charge < -0.3 is 16.4 Å². The van der Waals surface area contributed by atoms with Crippen LogP contribution in [0.15, 0.2) is 29.6 Å². The standard InChI is InChI=1S/C13H16N4OS/c1-9-8-19-12(16-9)6-7-15-13(18)17-11-4-2-10(14)3-5-11/h2-5,8H,6-7,14H2,1H3,(H2,15,17,18). The van der Waals surface area contributed by atoms with Crippen molar-refractivity contribution in [2.75, 3.05) is 17.6 Å². The summed E-state index contributed by atoms with van der Waals surface area (Å²) < 4.78 is 0. The van der Waals surface area contributed by atoms with Gasteiger partial charge in [0.15, 0.2) is 0 Å². The summed E-state index contributed by atoms with van der Waals surface area (Å²) in [6.07, 6.45) is 0.744. The minimum absolute atomic E-state index is 0.224. The molecule has 2 aromatic rings. The molecule has 0 aliphatic heterocycles. The largest absolute Gasteiger partial charge is 0.399 e. The van der Waals surface area contributed by atoms with Gasteiger partial charge in [0.05, 0.1) is 5.01 Å². The van der Waals surface area contributed by atoms with Crippen LogP contribution in [0.5, 0.6) is 0 Å². The van der Waals surface area contributed by atoms with Crippen LogP contribution in [0.4, 0.5) is 16.2 Å². The lowest BCUT2D eigenvalue weighted by Crippen LogP contribution is -2.30. The van der Waals surface area contributed by atoms with Gasteiger partial charge in [0, 0.05) is 35.4 Å². The van der Waals surface area contributed by atoms with Crippen molar-refractivity contribution in [3.63, 3.8) is 0 Å². The van der Waals surface area contributed by atoms with Crippen LogP contribution < -0.4 is 16.4 Å². The Labute approximate surface area is 115 Å². The van der Waals surface area contributed by atoms with Crippen LogP contribution in [0.25, 0.3) is 0 Å². The van der Waals surface area contributed by atoms with Crippen LogP contribution >= 0.6 is 11.3 Å². The lowest BCUT2D eigenvalue weighted by atomic mass is 10.3. The first-order valence-electron chi connectivity index (χ1n) is 5.95. The van der Waals surface area contributed by atoms with Crippen LogP contribution in [-0.2, 0) is 6.42 Å². The number of hydrogen-bond acceptors (Lipinski definition) is 4. The topological polar surface area (TPSA) is 80.0 Å². The molecule has 0 bridgehead atoms. The molecule has 19 heavy (non-hydrogen) atoms. The SMILES string of the molecule is Cc1csc(CCNC(=O)Nc2ccc(N)cc2)n1. The molecule has 5 nitrogen and oxygen atoms in total. The monoisotopic (exact) mass is 276 g/mol. The van der Waals surface area contributed by atoms with E-state index in [4.69, 9.17) is 5.73 Å². The number of rotatable bonds is 4. The number of nitrogens with zero attached hydrogens (tertiary/aromatic N) is 1. The molecule has 0 unspecified atom stereocenters. The minimum atomic E-state index is -0.224. The summed E-state index contributed by atoms with van der Waals surface area (Å²) in [6, 6.07) is 6.79. The Balaban J connectivity index is 1.74. The molecule has 1 aromatic heterocycles. The predicted molar refractivity (Wildman–Crippen MR) is 78.4 cm³/mol. The number of hydrogen-bond donors (Lipinski definition) is 3.